The molecular weight excluding hydrogens is 278 g/mol. The van der Waals surface area contributed by atoms with Crippen LogP contribution in [0.2, 0.25) is 0 Å². The van der Waals surface area contributed by atoms with Crippen LogP contribution in [0, 0.1) is 6.92 Å². The van der Waals surface area contributed by atoms with Gasteiger partial charge in [0, 0.05) is 6.54 Å². The van der Waals surface area contributed by atoms with Gasteiger partial charge >= 0.3 is 0 Å². The Balaban J connectivity index is 1.69. The Morgan fingerprint density at radius 1 is 1.14 bits per heavy atom. The molecule has 1 atom stereocenters. The zero-order chi connectivity index (χ0) is 15.8. The first-order valence-electron chi connectivity index (χ1n) is 7.35. The molecule has 0 aliphatic rings. The number of aliphatic hydroxyl groups excluding tert-OH is 1. The van der Waals surface area contributed by atoms with E-state index in [0.29, 0.717) is 18.7 Å². The molecule has 0 fully saturated rings. The summed E-state index contributed by atoms with van der Waals surface area (Å²) in [5.74, 6) is 0.519. The van der Waals surface area contributed by atoms with Crippen molar-refractivity contribution in [2.24, 2.45) is 0 Å². The highest BCUT2D eigenvalue weighted by Gasteiger charge is 2.08. The molecule has 0 bridgehead atoms. The minimum Gasteiger partial charge on any atom is -0.484 e. The predicted molar refractivity (Wildman–Crippen MR) is 85.7 cm³/mol. The maximum atomic E-state index is 11.7. The van der Waals surface area contributed by atoms with E-state index in [2.05, 4.69) is 5.32 Å². The summed E-state index contributed by atoms with van der Waals surface area (Å²) >= 11 is 0. The molecule has 1 amide bonds. The van der Waals surface area contributed by atoms with Crippen molar-refractivity contribution in [2.45, 2.75) is 19.4 Å². The number of para-hydroxylation sites is 1. The van der Waals surface area contributed by atoms with E-state index >= 15 is 0 Å². The first kappa shape index (κ1) is 16.0. The number of aliphatic hydroxyl groups is 1. The van der Waals surface area contributed by atoms with E-state index in [-0.39, 0.29) is 12.5 Å². The molecule has 4 heteroatoms. The summed E-state index contributed by atoms with van der Waals surface area (Å²) in [5.41, 5.74) is 1.85. The standard InChI is InChI=1S/C18H21NO3/c1-14-7-5-6-10-17(14)22-13-18(21)19-12-11-16(20)15-8-3-2-4-9-15/h2-10,16,20H,11-13H2,1H3,(H,19,21)/t16-/m0/s1. The number of carbonyl (C=O) groups excluding carboxylic acids is 1. The number of hydrogen-bond donors (Lipinski definition) is 2. The van der Waals surface area contributed by atoms with Gasteiger partial charge in [-0.3, -0.25) is 4.79 Å². The van der Waals surface area contributed by atoms with Gasteiger partial charge in [-0.2, -0.15) is 0 Å². The third-order valence-corrected chi connectivity index (χ3v) is 3.38. The highest BCUT2D eigenvalue weighted by Crippen LogP contribution is 2.16. The largest absolute Gasteiger partial charge is 0.484 e. The van der Waals surface area contributed by atoms with E-state index in [0.717, 1.165) is 11.1 Å². The van der Waals surface area contributed by atoms with Crippen LogP contribution in [0.4, 0.5) is 0 Å². The van der Waals surface area contributed by atoms with Gasteiger partial charge in [-0.15, -0.1) is 0 Å². The smallest absolute Gasteiger partial charge is 0.257 e. The molecule has 2 N–H and O–H groups in total. The van der Waals surface area contributed by atoms with Crippen LogP contribution in [0.25, 0.3) is 0 Å². The van der Waals surface area contributed by atoms with Crippen molar-refractivity contribution in [1.82, 2.24) is 5.32 Å². The van der Waals surface area contributed by atoms with E-state index < -0.39 is 6.10 Å². The zero-order valence-corrected chi connectivity index (χ0v) is 12.7. The van der Waals surface area contributed by atoms with Crippen molar-refractivity contribution in [3.8, 4) is 5.75 Å². The normalized spacial score (nSPS) is 11.7. The number of rotatable bonds is 7. The summed E-state index contributed by atoms with van der Waals surface area (Å²) < 4.78 is 5.47. The van der Waals surface area contributed by atoms with Crippen LogP contribution in [0.1, 0.15) is 23.7 Å². The minimum absolute atomic E-state index is 0.0215. The van der Waals surface area contributed by atoms with E-state index in [1.807, 2.05) is 61.5 Å². The number of carbonyl (C=O) groups is 1. The molecule has 0 aromatic heterocycles. The lowest BCUT2D eigenvalue weighted by atomic mass is 10.1. The lowest BCUT2D eigenvalue weighted by Crippen LogP contribution is -2.30. The van der Waals surface area contributed by atoms with Gasteiger partial charge in [0.25, 0.3) is 5.91 Å². The van der Waals surface area contributed by atoms with E-state index in [9.17, 15) is 9.90 Å². The van der Waals surface area contributed by atoms with Crippen LogP contribution < -0.4 is 10.1 Å². The van der Waals surface area contributed by atoms with Gasteiger partial charge in [0.1, 0.15) is 5.75 Å². The lowest BCUT2D eigenvalue weighted by Gasteiger charge is -2.12. The Bertz CT molecular complexity index is 598. The fraction of sp³-hybridized carbons (Fsp3) is 0.278. The van der Waals surface area contributed by atoms with Crippen molar-refractivity contribution >= 4 is 5.91 Å². The number of hydrogen-bond acceptors (Lipinski definition) is 3. The quantitative estimate of drug-likeness (QED) is 0.826. The van der Waals surface area contributed by atoms with Gasteiger partial charge < -0.3 is 15.2 Å². The van der Waals surface area contributed by atoms with E-state index in [4.69, 9.17) is 4.74 Å². The monoisotopic (exact) mass is 299 g/mol. The summed E-state index contributed by atoms with van der Waals surface area (Å²) in [6, 6.07) is 17.0. The molecule has 2 aromatic rings. The third kappa shape index (κ3) is 4.90. The number of benzene rings is 2. The van der Waals surface area contributed by atoms with E-state index in [1.165, 1.54) is 0 Å². The Kier molecular flexibility index (Phi) is 5.98. The molecule has 0 spiro atoms. The van der Waals surface area contributed by atoms with Crippen LogP contribution in [0.3, 0.4) is 0 Å². The number of ether oxygens (including phenoxy) is 1. The summed E-state index contributed by atoms with van der Waals surface area (Å²) in [7, 11) is 0. The Hall–Kier alpha value is -2.33. The lowest BCUT2D eigenvalue weighted by molar-refractivity contribution is -0.123. The van der Waals surface area contributed by atoms with Crippen molar-refractivity contribution in [1.29, 1.82) is 0 Å². The van der Waals surface area contributed by atoms with Crippen molar-refractivity contribution in [3.05, 3.63) is 65.7 Å². The second-order valence-corrected chi connectivity index (χ2v) is 5.12. The van der Waals surface area contributed by atoms with Crippen LogP contribution in [0.15, 0.2) is 54.6 Å². The molecule has 0 unspecified atom stereocenters. The van der Waals surface area contributed by atoms with E-state index in [1.54, 1.807) is 0 Å². The average Bonchev–Trinajstić information content (AvgIpc) is 2.55. The van der Waals surface area contributed by atoms with Crippen molar-refractivity contribution in [3.63, 3.8) is 0 Å². The van der Waals surface area contributed by atoms with Crippen LogP contribution in [0.5, 0.6) is 5.75 Å². The van der Waals surface area contributed by atoms with Gasteiger partial charge in [-0.05, 0) is 30.5 Å². The summed E-state index contributed by atoms with van der Waals surface area (Å²) in [6.07, 6.45) is -0.0982. The molecule has 2 rings (SSSR count). The van der Waals surface area contributed by atoms with Gasteiger partial charge in [-0.1, -0.05) is 48.5 Å². The van der Waals surface area contributed by atoms with Gasteiger partial charge in [-0.25, -0.2) is 0 Å². The van der Waals surface area contributed by atoms with Crippen molar-refractivity contribution < 1.29 is 14.6 Å². The molecule has 0 saturated heterocycles. The molecule has 0 radical (unpaired) electrons. The Morgan fingerprint density at radius 2 is 1.82 bits per heavy atom. The van der Waals surface area contributed by atoms with Gasteiger partial charge in [0.15, 0.2) is 6.61 Å². The number of amides is 1. The summed E-state index contributed by atoms with van der Waals surface area (Å²) in [4.78, 5) is 11.7. The Morgan fingerprint density at radius 3 is 2.55 bits per heavy atom. The molecular formula is C18H21NO3. The zero-order valence-electron chi connectivity index (χ0n) is 12.7. The fourth-order valence-corrected chi connectivity index (χ4v) is 2.10. The predicted octanol–water partition coefficient (Wildman–Crippen LogP) is 2.61. The van der Waals surface area contributed by atoms with Crippen LogP contribution >= 0.6 is 0 Å². The maximum Gasteiger partial charge on any atom is 0.257 e. The summed E-state index contributed by atoms with van der Waals surface area (Å²) in [6.45, 7) is 2.32. The second kappa shape index (κ2) is 8.20. The van der Waals surface area contributed by atoms with Crippen molar-refractivity contribution in [2.75, 3.05) is 13.2 Å². The number of nitrogens with one attached hydrogen (secondary N) is 1. The molecule has 22 heavy (non-hydrogen) atoms. The van der Waals surface area contributed by atoms with Gasteiger partial charge in [0.05, 0.1) is 6.10 Å². The summed E-state index contributed by atoms with van der Waals surface area (Å²) in [5, 5.41) is 12.7. The molecule has 0 heterocycles. The fourth-order valence-electron chi connectivity index (χ4n) is 2.10. The SMILES string of the molecule is Cc1ccccc1OCC(=O)NCC[C@H](O)c1ccccc1. The topological polar surface area (TPSA) is 58.6 Å². The molecule has 4 nitrogen and oxygen atoms in total. The second-order valence-electron chi connectivity index (χ2n) is 5.12. The first-order valence-corrected chi connectivity index (χ1v) is 7.35. The molecule has 0 aliphatic carbocycles. The van der Waals surface area contributed by atoms with Gasteiger partial charge in [0.2, 0.25) is 0 Å². The highest BCUT2D eigenvalue weighted by atomic mass is 16.5. The first-order chi connectivity index (χ1) is 10.7. The van der Waals surface area contributed by atoms with Crippen LogP contribution in [-0.4, -0.2) is 24.2 Å². The van der Waals surface area contributed by atoms with Crippen LogP contribution in [-0.2, 0) is 4.79 Å². The maximum absolute atomic E-state index is 11.7. The Labute approximate surface area is 130 Å². The molecule has 2 aromatic carbocycles. The molecule has 116 valence electrons. The average molecular weight is 299 g/mol. The third-order valence-electron chi connectivity index (χ3n) is 3.38. The molecule has 0 saturated carbocycles. The number of aryl methyl sites for hydroxylation is 1. The minimum atomic E-state index is -0.571. The molecule has 0 aliphatic heterocycles. The highest BCUT2D eigenvalue weighted by molar-refractivity contribution is 5.77.